The first-order valence-corrected chi connectivity index (χ1v) is 6.84. The SMILES string of the molecule is N#C/C=C(\C#N)c1cccc2cc[te]c12. The van der Waals surface area contributed by atoms with Crippen LogP contribution < -0.4 is 0 Å². The van der Waals surface area contributed by atoms with Gasteiger partial charge < -0.3 is 0 Å². The Morgan fingerprint density at radius 1 is 1.27 bits per heavy atom. The summed E-state index contributed by atoms with van der Waals surface area (Å²) in [5, 5.41) is 18.8. The molecule has 0 atom stereocenters. The van der Waals surface area contributed by atoms with Gasteiger partial charge in [-0.1, -0.05) is 0 Å². The predicted octanol–water partition coefficient (Wildman–Crippen LogP) is 2.33. The van der Waals surface area contributed by atoms with E-state index in [1.54, 1.807) is 0 Å². The van der Waals surface area contributed by atoms with Crippen molar-refractivity contribution in [3.05, 3.63) is 40.0 Å². The Morgan fingerprint density at radius 2 is 2.13 bits per heavy atom. The van der Waals surface area contributed by atoms with Crippen molar-refractivity contribution in [3.8, 4) is 12.1 Å². The predicted molar refractivity (Wildman–Crippen MR) is 60.1 cm³/mol. The Bertz CT molecular complexity index is 608. The van der Waals surface area contributed by atoms with Gasteiger partial charge >= 0.3 is 97.4 Å². The van der Waals surface area contributed by atoms with Crippen molar-refractivity contribution in [2.24, 2.45) is 0 Å². The molecule has 3 heteroatoms. The van der Waals surface area contributed by atoms with Crippen molar-refractivity contribution in [2.45, 2.75) is 0 Å². The summed E-state index contributed by atoms with van der Waals surface area (Å²) in [5.41, 5.74) is 1.41. The number of allylic oxidation sites excluding steroid dienone is 2. The quantitative estimate of drug-likeness (QED) is 0.600. The second-order valence-electron chi connectivity index (χ2n) is 2.94. The van der Waals surface area contributed by atoms with Crippen LogP contribution >= 0.6 is 0 Å². The molecule has 0 saturated heterocycles. The van der Waals surface area contributed by atoms with Gasteiger partial charge in [-0.2, -0.15) is 0 Å². The Balaban J connectivity index is 2.72. The molecule has 70 valence electrons. The molecule has 2 aromatic rings. The fourth-order valence-corrected chi connectivity index (χ4v) is 4.09. The summed E-state index contributed by atoms with van der Waals surface area (Å²) in [5.74, 6) is 0. The first-order chi connectivity index (χ1) is 7.36. The van der Waals surface area contributed by atoms with E-state index in [0.717, 1.165) is 5.56 Å². The molecule has 0 radical (unpaired) electrons. The summed E-state index contributed by atoms with van der Waals surface area (Å²) < 4.78 is 3.46. The van der Waals surface area contributed by atoms with E-state index in [0.29, 0.717) is 5.57 Å². The van der Waals surface area contributed by atoms with E-state index in [2.05, 4.69) is 22.3 Å². The Labute approximate surface area is 97.3 Å². The number of hydrogen-bond acceptors (Lipinski definition) is 2. The van der Waals surface area contributed by atoms with Crippen LogP contribution in [0.5, 0.6) is 0 Å². The van der Waals surface area contributed by atoms with Gasteiger partial charge in [0.1, 0.15) is 0 Å². The van der Waals surface area contributed by atoms with Gasteiger partial charge in [0.15, 0.2) is 0 Å². The van der Waals surface area contributed by atoms with Crippen molar-refractivity contribution in [3.63, 3.8) is 0 Å². The van der Waals surface area contributed by atoms with E-state index in [1.807, 2.05) is 18.2 Å². The molecule has 1 heterocycles. The van der Waals surface area contributed by atoms with Crippen LogP contribution in [0.3, 0.4) is 0 Å². The topological polar surface area (TPSA) is 47.6 Å². The molecule has 0 aliphatic carbocycles. The first-order valence-electron chi connectivity index (χ1n) is 4.33. The van der Waals surface area contributed by atoms with Crippen molar-refractivity contribution in [1.29, 1.82) is 10.5 Å². The van der Waals surface area contributed by atoms with Gasteiger partial charge in [-0.25, -0.2) is 0 Å². The summed E-state index contributed by atoms with van der Waals surface area (Å²) >= 11 is -0.310. The van der Waals surface area contributed by atoms with E-state index in [-0.39, 0.29) is 20.4 Å². The minimum absolute atomic E-state index is 0.310. The molecule has 1 aromatic heterocycles. The van der Waals surface area contributed by atoms with Gasteiger partial charge in [-0.05, 0) is 0 Å². The first kappa shape index (κ1) is 10.0. The molecule has 0 fully saturated rings. The van der Waals surface area contributed by atoms with E-state index in [9.17, 15) is 0 Å². The monoisotopic (exact) mass is 308 g/mol. The Kier molecular flexibility index (Phi) is 2.89. The van der Waals surface area contributed by atoms with Gasteiger partial charge in [0.05, 0.1) is 0 Å². The van der Waals surface area contributed by atoms with Gasteiger partial charge in [-0.3, -0.25) is 0 Å². The Hall–Kier alpha value is -1.53. The fraction of sp³-hybridized carbons (Fsp3) is 0. The minimum atomic E-state index is -0.310. The summed E-state index contributed by atoms with van der Waals surface area (Å²) in [6.07, 6.45) is 1.32. The number of nitriles is 2. The van der Waals surface area contributed by atoms with Gasteiger partial charge in [-0.15, -0.1) is 0 Å². The molecule has 0 bridgehead atoms. The van der Waals surface area contributed by atoms with E-state index < -0.39 is 0 Å². The molecule has 0 spiro atoms. The second kappa shape index (κ2) is 4.33. The molecule has 0 aliphatic heterocycles. The molecule has 0 N–H and O–H groups in total. The van der Waals surface area contributed by atoms with Crippen LogP contribution in [-0.4, -0.2) is 20.4 Å². The third-order valence-electron chi connectivity index (χ3n) is 2.10. The van der Waals surface area contributed by atoms with E-state index in [4.69, 9.17) is 10.5 Å². The summed E-state index contributed by atoms with van der Waals surface area (Å²) in [6.45, 7) is 0. The molecule has 1 aromatic carbocycles. The average Bonchev–Trinajstić information content (AvgIpc) is 2.73. The third-order valence-corrected chi connectivity index (χ3v) is 4.85. The molecule has 2 nitrogen and oxygen atoms in total. The second-order valence-corrected chi connectivity index (χ2v) is 5.56. The number of benzene rings is 1. The molecule has 0 saturated carbocycles. The molecule has 0 unspecified atom stereocenters. The summed E-state index contributed by atoms with van der Waals surface area (Å²) in [7, 11) is 0. The molecule has 0 aliphatic rings. The van der Waals surface area contributed by atoms with Crippen LogP contribution in [0.1, 0.15) is 5.56 Å². The van der Waals surface area contributed by atoms with Crippen molar-refractivity contribution >= 4 is 34.8 Å². The number of hydrogen-bond donors (Lipinski definition) is 0. The van der Waals surface area contributed by atoms with Gasteiger partial charge in [0.2, 0.25) is 0 Å². The van der Waals surface area contributed by atoms with Crippen LogP contribution in [0.15, 0.2) is 34.4 Å². The van der Waals surface area contributed by atoms with Gasteiger partial charge in [0, 0.05) is 0 Å². The standard InChI is InChI=1S/C12H6N2Te/c13-6-4-10(8-14)11-3-1-2-9-5-7-15-12(9)11/h1-5,7H/b10-4+. The van der Waals surface area contributed by atoms with Crippen molar-refractivity contribution < 1.29 is 0 Å². The zero-order valence-electron chi connectivity index (χ0n) is 7.77. The molecular formula is C12H6N2Te. The number of fused-ring (bicyclic) bond motifs is 1. The van der Waals surface area contributed by atoms with Crippen molar-refractivity contribution in [1.82, 2.24) is 0 Å². The third kappa shape index (κ3) is 1.81. The summed E-state index contributed by atoms with van der Waals surface area (Å²) in [4.78, 5) is 0. The fourth-order valence-electron chi connectivity index (χ4n) is 1.44. The number of nitrogens with zero attached hydrogens (tertiary/aromatic N) is 2. The zero-order chi connectivity index (χ0) is 10.7. The van der Waals surface area contributed by atoms with E-state index >= 15 is 0 Å². The van der Waals surface area contributed by atoms with Crippen LogP contribution in [0.2, 0.25) is 0 Å². The van der Waals surface area contributed by atoms with Crippen LogP contribution in [0, 0.1) is 22.7 Å². The average molecular weight is 306 g/mol. The van der Waals surface area contributed by atoms with E-state index in [1.165, 1.54) is 14.9 Å². The molecule has 0 amide bonds. The summed E-state index contributed by atoms with van der Waals surface area (Å²) in [6, 6.07) is 12.0. The zero-order valence-corrected chi connectivity index (χ0v) is 10.1. The van der Waals surface area contributed by atoms with Crippen LogP contribution in [0.4, 0.5) is 0 Å². The van der Waals surface area contributed by atoms with Crippen LogP contribution in [-0.2, 0) is 0 Å². The maximum absolute atomic E-state index is 8.97. The normalized spacial score (nSPS) is 10.9. The molecule has 15 heavy (non-hydrogen) atoms. The Morgan fingerprint density at radius 3 is 2.87 bits per heavy atom. The van der Waals surface area contributed by atoms with Crippen LogP contribution in [0.25, 0.3) is 14.4 Å². The number of rotatable bonds is 1. The van der Waals surface area contributed by atoms with Gasteiger partial charge in [0.25, 0.3) is 0 Å². The van der Waals surface area contributed by atoms with Crippen molar-refractivity contribution in [2.75, 3.05) is 0 Å². The molecular weight excluding hydrogens is 300 g/mol. The maximum atomic E-state index is 8.97. The molecule has 2 rings (SSSR count).